The van der Waals surface area contributed by atoms with Crippen molar-refractivity contribution in [2.45, 2.75) is 6.54 Å². The molecule has 4 aromatic rings. The Labute approximate surface area is 166 Å². The number of nitrogens with one attached hydrogen (secondary N) is 2. The van der Waals surface area contributed by atoms with Crippen molar-refractivity contribution in [2.24, 2.45) is 0 Å². The summed E-state index contributed by atoms with van der Waals surface area (Å²) in [5.74, 6) is 0.426. The van der Waals surface area contributed by atoms with Gasteiger partial charge in [0.1, 0.15) is 5.82 Å². The van der Waals surface area contributed by atoms with Crippen LogP contribution in [0.25, 0.3) is 22.4 Å². The van der Waals surface area contributed by atoms with E-state index < -0.39 is 0 Å². The van der Waals surface area contributed by atoms with Crippen molar-refractivity contribution in [3.8, 4) is 11.4 Å². The van der Waals surface area contributed by atoms with Crippen LogP contribution in [0, 0.1) is 0 Å². The van der Waals surface area contributed by atoms with Gasteiger partial charge in [0.15, 0.2) is 0 Å². The van der Waals surface area contributed by atoms with E-state index in [0.717, 1.165) is 16.6 Å². The molecule has 134 valence electrons. The van der Waals surface area contributed by atoms with Crippen molar-refractivity contribution < 1.29 is 4.79 Å². The molecule has 6 heteroatoms. The highest BCUT2D eigenvalue weighted by Gasteiger charge is 2.14. The Morgan fingerprint density at radius 3 is 2.44 bits per heavy atom. The Kier molecular flexibility index (Phi) is 4.84. The van der Waals surface area contributed by atoms with E-state index in [9.17, 15) is 4.79 Å². The molecule has 2 N–H and O–H groups in total. The zero-order chi connectivity index (χ0) is 18.8. The summed E-state index contributed by atoms with van der Waals surface area (Å²) < 4.78 is 0. The lowest BCUT2D eigenvalue weighted by molar-refractivity contribution is 0.0951. The Morgan fingerprint density at radius 2 is 1.70 bits per heavy atom. The molecule has 0 saturated carbocycles. The summed E-state index contributed by atoms with van der Waals surface area (Å²) in [6, 6.07) is 20.4. The van der Waals surface area contributed by atoms with Crippen LogP contribution < -0.4 is 5.32 Å². The number of aromatic amines is 1. The summed E-state index contributed by atoms with van der Waals surface area (Å²) in [5, 5.41) is 3.95. The minimum Gasteiger partial charge on any atom is -0.348 e. The second kappa shape index (κ2) is 7.43. The van der Waals surface area contributed by atoms with Gasteiger partial charge in [0.05, 0.1) is 26.6 Å². The third-order valence-electron chi connectivity index (χ3n) is 4.24. The maximum atomic E-state index is 12.5. The number of fused-ring (bicyclic) bond motifs is 1. The number of aromatic nitrogens is 2. The molecule has 4 rings (SSSR count). The third kappa shape index (κ3) is 3.68. The molecule has 0 spiro atoms. The van der Waals surface area contributed by atoms with Gasteiger partial charge in [0.25, 0.3) is 5.91 Å². The van der Waals surface area contributed by atoms with Gasteiger partial charge in [-0.25, -0.2) is 4.98 Å². The number of imidazole rings is 1. The van der Waals surface area contributed by atoms with Crippen LogP contribution >= 0.6 is 23.2 Å². The molecule has 0 fully saturated rings. The number of rotatable bonds is 4. The van der Waals surface area contributed by atoms with Crippen LogP contribution in [-0.4, -0.2) is 15.9 Å². The molecule has 27 heavy (non-hydrogen) atoms. The van der Waals surface area contributed by atoms with Gasteiger partial charge in [-0.2, -0.15) is 0 Å². The Bertz CT molecular complexity index is 1100. The number of benzene rings is 3. The van der Waals surface area contributed by atoms with Crippen LogP contribution in [0.1, 0.15) is 15.9 Å². The fourth-order valence-electron chi connectivity index (χ4n) is 2.87. The third-order valence-corrected chi connectivity index (χ3v) is 4.87. The summed E-state index contributed by atoms with van der Waals surface area (Å²) in [4.78, 5) is 20.2. The van der Waals surface area contributed by atoms with E-state index in [1.807, 2.05) is 30.3 Å². The molecule has 0 atom stereocenters. The first-order valence-corrected chi connectivity index (χ1v) is 9.14. The first-order chi connectivity index (χ1) is 13.1. The number of carbonyl (C=O) groups is 1. The van der Waals surface area contributed by atoms with Crippen LogP contribution in [0.3, 0.4) is 0 Å². The topological polar surface area (TPSA) is 57.8 Å². The number of hydrogen-bond acceptors (Lipinski definition) is 2. The standard InChI is InChI=1S/C21H15Cl2N3O/c22-15-7-4-8-16(23)19(15)20-25-17-10-9-14(11-18(17)26-20)21(27)24-12-13-5-2-1-3-6-13/h1-11H,12H2,(H,24,27)(H,25,26). The van der Waals surface area contributed by atoms with E-state index in [4.69, 9.17) is 23.2 Å². The summed E-state index contributed by atoms with van der Waals surface area (Å²) >= 11 is 12.5. The van der Waals surface area contributed by atoms with Crippen LogP contribution in [0.5, 0.6) is 0 Å². The van der Waals surface area contributed by atoms with Gasteiger partial charge in [0.2, 0.25) is 0 Å². The zero-order valence-electron chi connectivity index (χ0n) is 14.2. The van der Waals surface area contributed by atoms with E-state index in [1.165, 1.54) is 0 Å². The largest absolute Gasteiger partial charge is 0.348 e. The monoisotopic (exact) mass is 395 g/mol. The average molecular weight is 396 g/mol. The van der Waals surface area contributed by atoms with Gasteiger partial charge in [-0.15, -0.1) is 0 Å². The van der Waals surface area contributed by atoms with Crippen molar-refractivity contribution in [1.82, 2.24) is 15.3 Å². The molecule has 0 radical (unpaired) electrons. The molecular weight excluding hydrogens is 381 g/mol. The quantitative estimate of drug-likeness (QED) is 0.481. The Hall–Kier alpha value is -2.82. The molecule has 0 aliphatic heterocycles. The normalized spacial score (nSPS) is 10.9. The van der Waals surface area contributed by atoms with Crippen LogP contribution in [0.4, 0.5) is 0 Å². The summed E-state index contributed by atoms with van der Waals surface area (Å²) in [6.45, 7) is 0.473. The van der Waals surface area contributed by atoms with Gasteiger partial charge < -0.3 is 10.3 Å². The maximum absolute atomic E-state index is 12.5. The molecule has 0 saturated heterocycles. The number of amides is 1. The summed E-state index contributed by atoms with van der Waals surface area (Å²) in [5.41, 5.74) is 3.73. The molecule has 0 unspecified atom stereocenters. The Morgan fingerprint density at radius 1 is 0.963 bits per heavy atom. The minimum absolute atomic E-state index is 0.146. The number of hydrogen-bond donors (Lipinski definition) is 2. The van der Waals surface area contributed by atoms with Crippen molar-refractivity contribution in [2.75, 3.05) is 0 Å². The molecule has 0 aliphatic rings. The van der Waals surface area contributed by atoms with Gasteiger partial charge in [-0.05, 0) is 35.9 Å². The highest BCUT2D eigenvalue weighted by Crippen LogP contribution is 2.33. The van der Waals surface area contributed by atoms with Crippen LogP contribution in [0.15, 0.2) is 66.7 Å². The van der Waals surface area contributed by atoms with E-state index in [1.54, 1.807) is 36.4 Å². The first-order valence-electron chi connectivity index (χ1n) is 8.38. The lowest BCUT2D eigenvalue weighted by Gasteiger charge is -2.05. The van der Waals surface area contributed by atoms with Gasteiger partial charge in [-0.3, -0.25) is 4.79 Å². The molecule has 4 nitrogen and oxygen atoms in total. The first kappa shape index (κ1) is 17.6. The summed E-state index contributed by atoms with van der Waals surface area (Å²) in [6.07, 6.45) is 0. The lowest BCUT2D eigenvalue weighted by Crippen LogP contribution is -2.22. The molecular formula is C21H15Cl2N3O. The zero-order valence-corrected chi connectivity index (χ0v) is 15.7. The highest BCUT2D eigenvalue weighted by molar-refractivity contribution is 6.39. The second-order valence-electron chi connectivity index (χ2n) is 6.08. The predicted molar refractivity (Wildman–Crippen MR) is 109 cm³/mol. The van der Waals surface area contributed by atoms with Crippen LogP contribution in [0.2, 0.25) is 10.0 Å². The van der Waals surface area contributed by atoms with Crippen molar-refractivity contribution in [3.05, 3.63) is 87.9 Å². The SMILES string of the molecule is O=C(NCc1ccccc1)c1ccc2nc(-c3c(Cl)cccc3Cl)[nH]c2c1. The van der Waals surface area contributed by atoms with E-state index in [-0.39, 0.29) is 5.91 Å². The number of carbonyl (C=O) groups excluding carboxylic acids is 1. The fourth-order valence-corrected chi connectivity index (χ4v) is 3.45. The maximum Gasteiger partial charge on any atom is 0.251 e. The molecule has 0 bridgehead atoms. The number of nitrogens with zero attached hydrogens (tertiary/aromatic N) is 1. The highest BCUT2D eigenvalue weighted by atomic mass is 35.5. The lowest BCUT2D eigenvalue weighted by atomic mass is 10.1. The average Bonchev–Trinajstić information content (AvgIpc) is 3.09. The predicted octanol–water partition coefficient (Wildman–Crippen LogP) is 5.47. The summed E-state index contributed by atoms with van der Waals surface area (Å²) in [7, 11) is 0. The van der Waals surface area contributed by atoms with E-state index in [2.05, 4.69) is 15.3 Å². The van der Waals surface area contributed by atoms with E-state index >= 15 is 0 Å². The fraction of sp³-hybridized carbons (Fsp3) is 0.0476. The van der Waals surface area contributed by atoms with Crippen LogP contribution in [-0.2, 0) is 6.54 Å². The molecule has 1 aromatic heterocycles. The smallest absolute Gasteiger partial charge is 0.251 e. The van der Waals surface area contributed by atoms with Crippen molar-refractivity contribution in [3.63, 3.8) is 0 Å². The Balaban J connectivity index is 1.60. The van der Waals surface area contributed by atoms with Gasteiger partial charge >= 0.3 is 0 Å². The second-order valence-corrected chi connectivity index (χ2v) is 6.90. The number of H-pyrrole nitrogens is 1. The molecule has 3 aromatic carbocycles. The molecule has 1 amide bonds. The van der Waals surface area contributed by atoms with Crippen molar-refractivity contribution >= 4 is 40.1 Å². The minimum atomic E-state index is -0.146. The molecule has 1 heterocycles. The van der Waals surface area contributed by atoms with Crippen molar-refractivity contribution in [1.29, 1.82) is 0 Å². The van der Waals surface area contributed by atoms with E-state index in [0.29, 0.717) is 33.5 Å². The van der Waals surface area contributed by atoms with Gasteiger partial charge in [0, 0.05) is 12.1 Å². The number of halogens is 2. The van der Waals surface area contributed by atoms with Gasteiger partial charge in [-0.1, -0.05) is 59.6 Å². The molecule has 0 aliphatic carbocycles.